The van der Waals surface area contributed by atoms with Gasteiger partial charge in [0.25, 0.3) is 5.91 Å². The summed E-state index contributed by atoms with van der Waals surface area (Å²) < 4.78 is 4.69. The number of halogens is 1. The van der Waals surface area contributed by atoms with Gasteiger partial charge in [-0.2, -0.15) is 0 Å². The number of rotatable bonds is 4. The summed E-state index contributed by atoms with van der Waals surface area (Å²) >= 11 is 5.83. The SMILES string of the molecule is COC(=O)CN(C(=O)c1ccc(Cl)cc1)C1CCCC1. The second-order valence-electron chi connectivity index (χ2n) is 4.95. The van der Waals surface area contributed by atoms with Gasteiger partial charge in [-0.15, -0.1) is 0 Å². The van der Waals surface area contributed by atoms with Crippen LogP contribution in [0.5, 0.6) is 0 Å². The van der Waals surface area contributed by atoms with Gasteiger partial charge in [-0.05, 0) is 37.1 Å². The number of amides is 1. The molecule has 0 heterocycles. The molecule has 0 atom stereocenters. The van der Waals surface area contributed by atoms with Gasteiger partial charge in [0.15, 0.2) is 0 Å². The molecule has 0 bridgehead atoms. The highest BCUT2D eigenvalue weighted by molar-refractivity contribution is 6.30. The van der Waals surface area contributed by atoms with E-state index in [0.29, 0.717) is 10.6 Å². The van der Waals surface area contributed by atoms with E-state index >= 15 is 0 Å². The third-order valence-corrected chi connectivity index (χ3v) is 3.90. The van der Waals surface area contributed by atoms with E-state index in [-0.39, 0.29) is 24.5 Å². The van der Waals surface area contributed by atoms with Crippen molar-refractivity contribution in [2.75, 3.05) is 13.7 Å². The van der Waals surface area contributed by atoms with Crippen molar-refractivity contribution in [1.82, 2.24) is 4.90 Å². The lowest BCUT2D eigenvalue weighted by molar-refractivity contribution is -0.141. The molecule has 0 spiro atoms. The van der Waals surface area contributed by atoms with Crippen LogP contribution in [0.15, 0.2) is 24.3 Å². The fourth-order valence-corrected chi connectivity index (χ4v) is 2.67. The third-order valence-electron chi connectivity index (χ3n) is 3.64. The highest BCUT2D eigenvalue weighted by Gasteiger charge is 2.29. The molecule has 0 N–H and O–H groups in total. The van der Waals surface area contributed by atoms with E-state index in [1.54, 1.807) is 29.2 Å². The number of ether oxygens (including phenoxy) is 1. The van der Waals surface area contributed by atoms with Crippen molar-refractivity contribution in [1.29, 1.82) is 0 Å². The van der Waals surface area contributed by atoms with Crippen LogP contribution in [-0.4, -0.2) is 36.5 Å². The van der Waals surface area contributed by atoms with Crippen molar-refractivity contribution in [2.24, 2.45) is 0 Å². The summed E-state index contributed by atoms with van der Waals surface area (Å²) in [6.45, 7) is 0.00261. The van der Waals surface area contributed by atoms with Gasteiger partial charge in [-0.25, -0.2) is 0 Å². The van der Waals surface area contributed by atoms with Crippen molar-refractivity contribution in [3.05, 3.63) is 34.9 Å². The molecule has 4 nitrogen and oxygen atoms in total. The van der Waals surface area contributed by atoms with Gasteiger partial charge in [-0.1, -0.05) is 24.4 Å². The van der Waals surface area contributed by atoms with Gasteiger partial charge < -0.3 is 9.64 Å². The molecular formula is C15H18ClNO3. The van der Waals surface area contributed by atoms with Crippen molar-refractivity contribution >= 4 is 23.5 Å². The van der Waals surface area contributed by atoms with Crippen LogP contribution in [0.4, 0.5) is 0 Å². The van der Waals surface area contributed by atoms with E-state index in [9.17, 15) is 9.59 Å². The lowest BCUT2D eigenvalue weighted by Gasteiger charge is -2.28. The average Bonchev–Trinajstić information content (AvgIpc) is 2.98. The van der Waals surface area contributed by atoms with E-state index in [1.165, 1.54) is 7.11 Å². The zero-order valence-corrected chi connectivity index (χ0v) is 12.2. The maximum Gasteiger partial charge on any atom is 0.325 e. The Hall–Kier alpha value is -1.55. The first-order valence-electron chi connectivity index (χ1n) is 6.75. The van der Waals surface area contributed by atoms with Gasteiger partial charge in [0.1, 0.15) is 6.54 Å². The van der Waals surface area contributed by atoms with E-state index < -0.39 is 0 Å². The van der Waals surface area contributed by atoms with Gasteiger partial charge in [0, 0.05) is 16.6 Å². The second-order valence-corrected chi connectivity index (χ2v) is 5.39. The molecule has 1 aliphatic rings. The van der Waals surface area contributed by atoms with Gasteiger partial charge in [0.2, 0.25) is 0 Å². The topological polar surface area (TPSA) is 46.6 Å². The van der Waals surface area contributed by atoms with Crippen molar-refractivity contribution in [2.45, 2.75) is 31.7 Å². The molecule has 1 fully saturated rings. The minimum atomic E-state index is -0.390. The number of carbonyl (C=O) groups excluding carboxylic acids is 2. The van der Waals surface area contributed by atoms with Gasteiger partial charge >= 0.3 is 5.97 Å². The molecule has 0 saturated heterocycles. The Kier molecular flexibility index (Phi) is 5.01. The first-order valence-corrected chi connectivity index (χ1v) is 7.13. The normalized spacial score (nSPS) is 15.1. The first-order chi connectivity index (χ1) is 9.61. The van der Waals surface area contributed by atoms with Crippen LogP contribution < -0.4 is 0 Å². The molecule has 1 amide bonds. The lowest BCUT2D eigenvalue weighted by atomic mass is 10.1. The molecule has 0 radical (unpaired) electrons. The highest BCUT2D eigenvalue weighted by Crippen LogP contribution is 2.25. The molecule has 2 rings (SSSR count). The molecule has 20 heavy (non-hydrogen) atoms. The quantitative estimate of drug-likeness (QED) is 0.803. The Bertz CT molecular complexity index is 480. The predicted octanol–water partition coefficient (Wildman–Crippen LogP) is 2.90. The van der Waals surface area contributed by atoms with E-state index in [2.05, 4.69) is 0 Å². The maximum absolute atomic E-state index is 12.6. The van der Waals surface area contributed by atoms with Crippen molar-refractivity contribution in [3.8, 4) is 0 Å². The van der Waals surface area contributed by atoms with E-state index in [0.717, 1.165) is 25.7 Å². The summed E-state index contributed by atoms with van der Waals surface area (Å²) in [6.07, 6.45) is 4.07. The summed E-state index contributed by atoms with van der Waals surface area (Å²) in [5.74, 6) is -0.529. The summed E-state index contributed by atoms with van der Waals surface area (Å²) in [7, 11) is 1.34. The first kappa shape index (κ1) is 14.9. The monoisotopic (exact) mass is 295 g/mol. The van der Waals surface area contributed by atoms with Crippen LogP contribution in [0.2, 0.25) is 5.02 Å². The fourth-order valence-electron chi connectivity index (χ4n) is 2.54. The molecule has 0 aliphatic heterocycles. The maximum atomic E-state index is 12.6. The number of hydrogen-bond donors (Lipinski definition) is 0. The summed E-state index contributed by atoms with van der Waals surface area (Å²) in [5.41, 5.74) is 0.546. The van der Waals surface area contributed by atoms with Crippen LogP contribution in [0, 0.1) is 0 Å². The lowest BCUT2D eigenvalue weighted by Crippen LogP contribution is -2.42. The Balaban J connectivity index is 2.18. The number of esters is 1. The molecule has 5 heteroatoms. The standard InChI is InChI=1S/C15H18ClNO3/c1-20-14(18)10-17(13-4-2-3-5-13)15(19)11-6-8-12(16)9-7-11/h6-9,13H,2-5,10H2,1H3. The second kappa shape index (κ2) is 6.75. The summed E-state index contributed by atoms with van der Waals surface area (Å²) in [4.78, 5) is 25.7. The van der Waals surface area contributed by atoms with Crippen molar-refractivity contribution < 1.29 is 14.3 Å². The Morgan fingerprint density at radius 2 is 1.85 bits per heavy atom. The van der Waals surface area contributed by atoms with E-state index in [4.69, 9.17) is 16.3 Å². The minimum absolute atomic E-state index is 0.00261. The third kappa shape index (κ3) is 3.51. The van der Waals surface area contributed by atoms with Crippen LogP contribution in [0.3, 0.4) is 0 Å². The number of carbonyl (C=O) groups is 2. The summed E-state index contributed by atoms with van der Waals surface area (Å²) in [6, 6.07) is 6.85. The molecule has 0 unspecified atom stereocenters. The van der Waals surface area contributed by atoms with Gasteiger partial charge in [-0.3, -0.25) is 9.59 Å². The Morgan fingerprint density at radius 1 is 1.25 bits per heavy atom. The van der Waals surface area contributed by atoms with E-state index in [1.807, 2.05) is 0 Å². The van der Waals surface area contributed by atoms with Crippen LogP contribution in [0.25, 0.3) is 0 Å². The molecular weight excluding hydrogens is 278 g/mol. The molecule has 1 aromatic carbocycles. The molecule has 1 aromatic rings. The molecule has 0 aromatic heterocycles. The molecule has 1 aliphatic carbocycles. The van der Waals surface area contributed by atoms with Crippen LogP contribution >= 0.6 is 11.6 Å². The number of methoxy groups -OCH3 is 1. The zero-order valence-electron chi connectivity index (χ0n) is 11.5. The summed E-state index contributed by atoms with van der Waals surface area (Å²) in [5, 5.41) is 0.585. The zero-order chi connectivity index (χ0) is 14.5. The largest absolute Gasteiger partial charge is 0.468 e. The average molecular weight is 296 g/mol. The van der Waals surface area contributed by atoms with Crippen molar-refractivity contribution in [3.63, 3.8) is 0 Å². The smallest absolute Gasteiger partial charge is 0.325 e. The fraction of sp³-hybridized carbons (Fsp3) is 0.467. The number of benzene rings is 1. The Labute approximate surface area is 123 Å². The predicted molar refractivity (Wildman–Crippen MR) is 76.8 cm³/mol. The highest BCUT2D eigenvalue weighted by atomic mass is 35.5. The van der Waals surface area contributed by atoms with Gasteiger partial charge in [0.05, 0.1) is 7.11 Å². The number of hydrogen-bond acceptors (Lipinski definition) is 3. The van der Waals surface area contributed by atoms with Crippen LogP contribution in [0.1, 0.15) is 36.0 Å². The number of nitrogens with zero attached hydrogens (tertiary/aromatic N) is 1. The molecule has 1 saturated carbocycles. The molecule has 108 valence electrons. The van der Waals surface area contributed by atoms with Crippen LogP contribution in [-0.2, 0) is 9.53 Å². The minimum Gasteiger partial charge on any atom is -0.468 e. The Morgan fingerprint density at radius 3 is 2.40 bits per heavy atom.